The Morgan fingerprint density at radius 2 is 1.90 bits per heavy atom. The minimum atomic E-state index is -0.397. The van der Waals surface area contributed by atoms with E-state index in [1.807, 2.05) is 0 Å². The van der Waals surface area contributed by atoms with Gasteiger partial charge in [0.05, 0.1) is 7.11 Å². The zero-order valence-electron chi connectivity index (χ0n) is 11.9. The SMILES string of the molecule is COc1ccc(NC(=O)COc2cc(F)ccc2C)cc1. The van der Waals surface area contributed by atoms with Gasteiger partial charge in [-0.1, -0.05) is 6.07 Å². The lowest BCUT2D eigenvalue weighted by Crippen LogP contribution is -2.20. The van der Waals surface area contributed by atoms with Crippen molar-refractivity contribution in [2.24, 2.45) is 0 Å². The fourth-order valence-corrected chi connectivity index (χ4v) is 1.74. The van der Waals surface area contributed by atoms with Crippen LogP contribution in [0.3, 0.4) is 0 Å². The molecule has 1 amide bonds. The summed E-state index contributed by atoms with van der Waals surface area (Å²) in [6, 6.07) is 11.1. The van der Waals surface area contributed by atoms with E-state index in [0.29, 0.717) is 17.2 Å². The van der Waals surface area contributed by atoms with Crippen LogP contribution in [0.1, 0.15) is 5.56 Å². The van der Waals surface area contributed by atoms with E-state index in [-0.39, 0.29) is 12.5 Å². The van der Waals surface area contributed by atoms with Crippen molar-refractivity contribution in [1.29, 1.82) is 0 Å². The Morgan fingerprint density at radius 1 is 1.19 bits per heavy atom. The van der Waals surface area contributed by atoms with Crippen molar-refractivity contribution in [2.45, 2.75) is 6.92 Å². The van der Waals surface area contributed by atoms with Gasteiger partial charge in [0.15, 0.2) is 6.61 Å². The summed E-state index contributed by atoms with van der Waals surface area (Å²) in [5.74, 6) is 0.356. The molecular weight excluding hydrogens is 273 g/mol. The van der Waals surface area contributed by atoms with Gasteiger partial charge in [-0.3, -0.25) is 4.79 Å². The van der Waals surface area contributed by atoms with Crippen molar-refractivity contribution in [3.05, 3.63) is 53.8 Å². The molecule has 0 atom stereocenters. The fourth-order valence-electron chi connectivity index (χ4n) is 1.74. The second-order valence-electron chi connectivity index (χ2n) is 4.48. The fraction of sp³-hybridized carbons (Fsp3) is 0.188. The van der Waals surface area contributed by atoms with Crippen LogP contribution in [0.25, 0.3) is 0 Å². The van der Waals surface area contributed by atoms with E-state index in [2.05, 4.69) is 5.32 Å². The van der Waals surface area contributed by atoms with Crippen LogP contribution >= 0.6 is 0 Å². The molecular formula is C16H16FNO3. The highest BCUT2D eigenvalue weighted by molar-refractivity contribution is 5.91. The number of ether oxygens (including phenoxy) is 2. The molecule has 0 aliphatic heterocycles. The lowest BCUT2D eigenvalue weighted by atomic mass is 10.2. The van der Waals surface area contributed by atoms with Crippen LogP contribution in [0.15, 0.2) is 42.5 Å². The first-order valence-electron chi connectivity index (χ1n) is 6.41. The molecule has 0 radical (unpaired) electrons. The van der Waals surface area contributed by atoms with Crippen LogP contribution in [0.5, 0.6) is 11.5 Å². The Morgan fingerprint density at radius 3 is 2.57 bits per heavy atom. The van der Waals surface area contributed by atoms with Crippen LogP contribution in [-0.4, -0.2) is 19.6 Å². The third-order valence-electron chi connectivity index (χ3n) is 2.88. The average molecular weight is 289 g/mol. The Bertz CT molecular complexity index is 626. The quantitative estimate of drug-likeness (QED) is 0.919. The Labute approximate surface area is 122 Å². The molecule has 0 fully saturated rings. The number of carbonyl (C=O) groups is 1. The largest absolute Gasteiger partial charge is 0.497 e. The van der Waals surface area contributed by atoms with Crippen molar-refractivity contribution in [1.82, 2.24) is 0 Å². The van der Waals surface area contributed by atoms with E-state index in [1.165, 1.54) is 12.1 Å². The van der Waals surface area contributed by atoms with Gasteiger partial charge in [-0.2, -0.15) is 0 Å². The number of methoxy groups -OCH3 is 1. The topological polar surface area (TPSA) is 47.6 Å². The molecule has 0 saturated carbocycles. The van der Waals surface area contributed by atoms with E-state index >= 15 is 0 Å². The molecule has 21 heavy (non-hydrogen) atoms. The van der Waals surface area contributed by atoms with Gasteiger partial charge in [0.2, 0.25) is 0 Å². The number of aryl methyl sites for hydroxylation is 1. The maximum atomic E-state index is 13.1. The molecule has 0 saturated heterocycles. The number of nitrogens with one attached hydrogen (secondary N) is 1. The van der Waals surface area contributed by atoms with Gasteiger partial charge in [0, 0.05) is 11.8 Å². The summed E-state index contributed by atoms with van der Waals surface area (Å²) >= 11 is 0. The van der Waals surface area contributed by atoms with E-state index in [9.17, 15) is 9.18 Å². The first-order valence-corrected chi connectivity index (χ1v) is 6.41. The summed E-state index contributed by atoms with van der Waals surface area (Å²) in [5.41, 5.74) is 1.41. The third kappa shape index (κ3) is 4.21. The molecule has 0 bridgehead atoms. The van der Waals surface area contributed by atoms with Crippen molar-refractivity contribution in [2.75, 3.05) is 19.0 Å². The summed E-state index contributed by atoms with van der Waals surface area (Å²) in [6.07, 6.45) is 0. The number of benzene rings is 2. The van der Waals surface area contributed by atoms with E-state index in [4.69, 9.17) is 9.47 Å². The highest BCUT2D eigenvalue weighted by Gasteiger charge is 2.06. The predicted molar refractivity (Wildman–Crippen MR) is 78.3 cm³/mol. The van der Waals surface area contributed by atoms with Crippen LogP contribution in [0.4, 0.5) is 10.1 Å². The second-order valence-corrected chi connectivity index (χ2v) is 4.48. The second kappa shape index (κ2) is 6.74. The first kappa shape index (κ1) is 14.8. The van der Waals surface area contributed by atoms with E-state index in [0.717, 1.165) is 5.56 Å². The van der Waals surface area contributed by atoms with Gasteiger partial charge in [0.25, 0.3) is 5.91 Å². The van der Waals surface area contributed by atoms with E-state index < -0.39 is 5.82 Å². The maximum absolute atomic E-state index is 13.1. The summed E-state index contributed by atoms with van der Waals surface area (Å²) < 4.78 is 23.4. The minimum Gasteiger partial charge on any atom is -0.497 e. The lowest BCUT2D eigenvalue weighted by Gasteiger charge is -2.10. The van der Waals surface area contributed by atoms with Crippen molar-refractivity contribution < 1.29 is 18.7 Å². The van der Waals surface area contributed by atoms with Crippen molar-refractivity contribution in [3.63, 3.8) is 0 Å². The Balaban J connectivity index is 1.91. The zero-order chi connectivity index (χ0) is 15.2. The molecule has 0 aliphatic carbocycles. The number of halogens is 1. The van der Waals surface area contributed by atoms with Crippen LogP contribution in [-0.2, 0) is 4.79 Å². The number of carbonyl (C=O) groups excluding carboxylic acids is 1. The molecule has 5 heteroatoms. The summed E-state index contributed by atoms with van der Waals surface area (Å²) in [6.45, 7) is 1.60. The molecule has 1 N–H and O–H groups in total. The molecule has 0 spiro atoms. The molecule has 0 unspecified atom stereocenters. The molecule has 2 aromatic carbocycles. The number of anilines is 1. The highest BCUT2D eigenvalue weighted by Crippen LogP contribution is 2.19. The first-order chi connectivity index (χ1) is 10.1. The van der Waals surface area contributed by atoms with Crippen LogP contribution in [0.2, 0.25) is 0 Å². The molecule has 0 aromatic heterocycles. The van der Waals surface area contributed by atoms with Crippen LogP contribution < -0.4 is 14.8 Å². The molecule has 4 nitrogen and oxygen atoms in total. The van der Waals surface area contributed by atoms with Crippen LogP contribution in [0, 0.1) is 12.7 Å². The normalized spacial score (nSPS) is 10.0. The smallest absolute Gasteiger partial charge is 0.262 e. The maximum Gasteiger partial charge on any atom is 0.262 e. The highest BCUT2D eigenvalue weighted by atomic mass is 19.1. The summed E-state index contributed by atoms with van der Waals surface area (Å²) in [5, 5.41) is 2.68. The Hall–Kier alpha value is -2.56. The van der Waals surface area contributed by atoms with Gasteiger partial charge in [-0.05, 0) is 42.8 Å². The molecule has 2 aromatic rings. The van der Waals surface area contributed by atoms with Gasteiger partial charge >= 0.3 is 0 Å². The van der Waals surface area contributed by atoms with E-state index in [1.54, 1.807) is 44.4 Å². The van der Waals surface area contributed by atoms with Crippen molar-refractivity contribution in [3.8, 4) is 11.5 Å². The van der Waals surface area contributed by atoms with Crippen molar-refractivity contribution >= 4 is 11.6 Å². The lowest BCUT2D eigenvalue weighted by molar-refractivity contribution is -0.118. The number of amides is 1. The average Bonchev–Trinajstić information content (AvgIpc) is 2.49. The Kier molecular flexibility index (Phi) is 4.77. The zero-order valence-corrected chi connectivity index (χ0v) is 11.9. The molecule has 2 rings (SSSR count). The van der Waals surface area contributed by atoms with Gasteiger partial charge in [-0.15, -0.1) is 0 Å². The molecule has 110 valence electrons. The molecule has 0 heterocycles. The standard InChI is InChI=1S/C16H16FNO3/c1-11-3-4-12(17)9-15(11)21-10-16(19)18-13-5-7-14(20-2)8-6-13/h3-9H,10H2,1-2H3,(H,18,19). The van der Waals surface area contributed by atoms with Gasteiger partial charge < -0.3 is 14.8 Å². The monoisotopic (exact) mass is 289 g/mol. The van der Waals surface area contributed by atoms with Gasteiger partial charge in [-0.25, -0.2) is 4.39 Å². The number of hydrogen-bond donors (Lipinski definition) is 1. The molecule has 0 aliphatic rings. The number of rotatable bonds is 5. The predicted octanol–water partition coefficient (Wildman–Crippen LogP) is 3.16. The minimum absolute atomic E-state index is 0.184. The summed E-state index contributed by atoms with van der Waals surface area (Å²) in [4.78, 5) is 11.8. The third-order valence-corrected chi connectivity index (χ3v) is 2.88. The van der Waals surface area contributed by atoms with Gasteiger partial charge in [0.1, 0.15) is 17.3 Å². The number of hydrogen-bond acceptors (Lipinski definition) is 3. The summed E-state index contributed by atoms with van der Waals surface area (Å²) in [7, 11) is 1.57.